The molecule has 3 rings (SSSR count). The van der Waals surface area contributed by atoms with E-state index in [1.165, 1.54) is 12.8 Å². The SMILES string of the molecule is CC(C)N(C)CC(=O)N1CCCn2cnc(C(=O)NC3CCCC3)c2C1. The molecule has 1 aromatic heterocycles. The van der Waals surface area contributed by atoms with E-state index in [0.717, 1.165) is 38.0 Å². The average Bonchev–Trinajstić information content (AvgIpc) is 3.19. The van der Waals surface area contributed by atoms with Gasteiger partial charge in [0.05, 0.1) is 25.1 Å². The number of hydrogen-bond acceptors (Lipinski definition) is 4. The van der Waals surface area contributed by atoms with E-state index in [4.69, 9.17) is 0 Å². The van der Waals surface area contributed by atoms with E-state index in [9.17, 15) is 9.59 Å². The summed E-state index contributed by atoms with van der Waals surface area (Å²) in [5.41, 5.74) is 1.34. The Bertz CT molecular complexity index is 648. The zero-order valence-electron chi connectivity index (χ0n) is 16.2. The van der Waals surface area contributed by atoms with Crippen LogP contribution in [-0.2, 0) is 17.9 Å². The van der Waals surface area contributed by atoms with Gasteiger partial charge in [0.1, 0.15) is 0 Å². The van der Waals surface area contributed by atoms with Crippen LogP contribution >= 0.6 is 0 Å². The Kier molecular flexibility index (Phi) is 5.96. The molecule has 1 fully saturated rings. The Balaban J connectivity index is 1.71. The van der Waals surface area contributed by atoms with Gasteiger partial charge in [0, 0.05) is 25.2 Å². The maximum absolute atomic E-state index is 12.7. The summed E-state index contributed by atoms with van der Waals surface area (Å²) in [6.07, 6.45) is 7.08. The summed E-state index contributed by atoms with van der Waals surface area (Å²) in [6.45, 7) is 6.53. The Hall–Kier alpha value is -1.89. The Morgan fingerprint density at radius 2 is 2.00 bits per heavy atom. The maximum atomic E-state index is 12.7. The molecule has 144 valence electrons. The zero-order valence-corrected chi connectivity index (χ0v) is 16.2. The van der Waals surface area contributed by atoms with Crippen molar-refractivity contribution in [2.45, 2.75) is 71.1 Å². The Labute approximate surface area is 155 Å². The molecule has 0 saturated heterocycles. The number of imidazole rings is 1. The first-order valence-corrected chi connectivity index (χ1v) is 9.78. The Morgan fingerprint density at radius 3 is 2.69 bits per heavy atom. The minimum atomic E-state index is -0.0979. The highest BCUT2D eigenvalue weighted by atomic mass is 16.2. The predicted octanol–water partition coefficient (Wildman–Crippen LogP) is 1.63. The molecular formula is C19H31N5O2. The van der Waals surface area contributed by atoms with Gasteiger partial charge in [0.25, 0.3) is 5.91 Å². The number of aromatic nitrogens is 2. The summed E-state index contributed by atoms with van der Waals surface area (Å²) in [5.74, 6) is 0.0113. The molecule has 7 heteroatoms. The highest BCUT2D eigenvalue weighted by molar-refractivity contribution is 5.93. The lowest BCUT2D eigenvalue weighted by Crippen LogP contribution is -2.41. The molecule has 26 heavy (non-hydrogen) atoms. The van der Waals surface area contributed by atoms with Crippen molar-refractivity contribution in [3.8, 4) is 0 Å². The lowest BCUT2D eigenvalue weighted by molar-refractivity contribution is -0.133. The van der Waals surface area contributed by atoms with Gasteiger partial charge in [-0.05, 0) is 40.2 Å². The van der Waals surface area contributed by atoms with Crippen molar-refractivity contribution in [2.75, 3.05) is 20.1 Å². The summed E-state index contributed by atoms with van der Waals surface area (Å²) in [4.78, 5) is 33.7. The second-order valence-electron chi connectivity index (χ2n) is 7.87. The summed E-state index contributed by atoms with van der Waals surface area (Å²) >= 11 is 0. The normalized spacial score (nSPS) is 18.3. The minimum absolute atomic E-state index is 0.0979. The van der Waals surface area contributed by atoms with Crippen molar-refractivity contribution in [2.24, 2.45) is 0 Å². The second-order valence-corrected chi connectivity index (χ2v) is 7.87. The first-order chi connectivity index (χ1) is 12.5. The van der Waals surface area contributed by atoms with Gasteiger partial charge in [-0.2, -0.15) is 0 Å². The number of amides is 2. The lowest BCUT2D eigenvalue weighted by atomic mass is 10.2. The number of nitrogens with one attached hydrogen (secondary N) is 1. The predicted molar refractivity (Wildman–Crippen MR) is 99.7 cm³/mol. The number of nitrogens with zero attached hydrogens (tertiary/aromatic N) is 4. The van der Waals surface area contributed by atoms with Gasteiger partial charge in [-0.1, -0.05) is 12.8 Å². The fraction of sp³-hybridized carbons (Fsp3) is 0.737. The lowest BCUT2D eigenvalue weighted by Gasteiger charge is -2.26. The molecule has 0 spiro atoms. The highest BCUT2D eigenvalue weighted by Gasteiger charge is 2.27. The Morgan fingerprint density at radius 1 is 1.27 bits per heavy atom. The molecule has 0 bridgehead atoms. The summed E-state index contributed by atoms with van der Waals surface area (Å²) in [7, 11) is 1.96. The van der Waals surface area contributed by atoms with Gasteiger partial charge in [-0.3, -0.25) is 14.5 Å². The van der Waals surface area contributed by atoms with Crippen molar-refractivity contribution >= 4 is 11.8 Å². The highest BCUT2D eigenvalue weighted by Crippen LogP contribution is 2.20. The molecule has 1 aliphatic carbocycles. The van der Waals surface area contributed by atoms with Crippen molar-refractivity contribution < 1.29 is 9.59 Å². The molecule has 1 aliphatic heterocycles. The number of hydrogen-bond donors (Lipinski definition) is 1. The van der Waals surface area contributed by atoms with Crippen LogP contribution < -0.4 is 5.32 Å². The van der Waals surface area contributed by atoms with Crippen molar-refractivity contribution in [1.82, 2.24) is 24.7 Å². The molecule has 0 radical (unpaired) electrons. The van der Waals surface area contributed by atoms with Crippen LogP contribution in [0.15, 0.2) is 6.33 Å². The van der Waals surface area contributed by atoms with Gasteiger partial charge >= 0.3 is 0 Å². The average molecular weight is 361 g/mol. The third-order valence-corrected chi connectivity index (χ3v) is 5.64. The van der Waals surface area contributed by atoms with Gasteiger partial charge in [-0.25, -0.2) is 4.98 Å². The number of fused-ring (bicyclic) bond motifs is 1. The zero-order chi connectivity index (χ0) is 18.7. The molecule has 2 aliphatic rings. The summed E-state index contributed by atoms with van der Waals surface area (Å²) in [5, 5.41) is 3.12. The second kappa shape index (κ2) is 8.20. The van der Waals surface area contributed by atoms with Crippen LogP contribution in [0, 0.1) is 0 Å². The third-order valence-electron chi connectivity index (χ3n) is 5.64. The third kappa shape index (κ3) is 4.26. The van der Waals surface area contributed by atoms with E-state index in [1.807, 2.05) is 21.4 Å². The monoisotopic (exact) mass is 361 g/mol. The fourth-order valence-electron chi connectivity index (χ4n) is 3.68. The summed E-state index contributed by atoms with van der Waals surface area (Å²) in [6, 6.07) is 0.590. The number of rotatable bonds is 5. The topological polar surface area (TPSA) is 70.5 Å². The van der Waals surface area contributed by atoms with E-state index in [-0.39, 0.29) is 17.9 Å². The number of carbonyl (C=O) groups is 2. The van der Waals surface area contributed by atoms with Gasteiger partial charge < -0.3 is 14.8 Å². The molecule has 0 aromatic carbocycles. The molecule has 1 N–H and O–H groups in total. The standard InChI is InChI=1S/C19H31N5O2/c1-14(2)22(3)12-17(25)23-9-6-10-24-13-20-18(16(24)11-23)19(26)21-15-7-4-5-8-15/h13-15H,4-12H2,1-3H3,(H,21,26). The molecule has 1 aromatic rings. The molecular weight excluding hydrogens is 330 g/mol. The fourth-order valence-corrected chi connectivity index (χ4v) is 3.68. The van der Waals surface area contributed by atoms with Gasteiger partial charge in [0.15, 0.2) is 5.69 Å². The number of carbonyl (C=O) groups excluding carboxylic acids is 2. The summed E-state index contributed by atoms with van der Waals surface area (Å²) < 4.78 is 2.03. The molecule has 2 heterocycles. The van der Waals surface area contributed by atoms with E-state index in [2.05, 4.69) is 24.1 Å². The van der Waals surface area contributed by atoms with Crippen LogP contribution in [0.3, 0.4) is 0 Å². The molecule has 0 atom stereocenters. The van der Waals surface area contributed by atoms with E-state index >= 15 is 0 Å². The largest absolute Gasteiger partial charge is 0.348 e. The molecule has 7 nitrogen and oxygen atoms in total. The number of aryl methyl sites for hydroxylation is 1. The van der Waals surface area contributed by atoms with Crippen molar-refractivity contribution in [3.63, 3.8) is 0 Å². The molecule has 2 amide bonds. The van der Waals surface area contributed by atoms with E-state index < -0.39 is 0 Å². The van der Waals surface area contributed by atoms with Crippen LogP contribution in [0.4, 0.5) is 0 Å². The van der Waals surface area contributed by atoms with Crippen LogP contribution in [0.1, 0.15) is 62.1 Å². The van der Waals surface area contributed by atoms with Crippen LogP contribution in [-0.4, -0.2) is 63.4 Å². The van der Waals surface area contributed by atoms with Crippen LogP contribution in [0.5, 0.6) is 0 Å². The number of likely N-dealkylation sites (N-methyl/N-ethyl adjacent to an activating group) is 1. The first-order valence-electron chi connectivity index (χ1n) is 9.78. The molecule has 0 unspecified atom stereocenters. The van der Waals surface area contributed by atoms with E-state index in [1.54, 1.807) is 6.33 Å². The quantitative estimate of drug-likeness (QED) is 0.865. The smallest absolute Gasteiger partial charge is 0.272 e. The molecule has 1 saturated carbocycles. The van der Waals surface area contributed by atoms with Crippen molar-refractivity contribution in [1.29, 1.82) is 0 Å². The maximum Gasteiger partial charge on any atom is 0.272 e. The van der Waals surface area contributed by atoms with Crippen LogP contribution in [0.2, 0.25) is 0 Å². The van der Waals surface area contributed by atoms with Crippen molar-refractivity contribution in [3.05, 3.63) is 17.7 Å². The van der Waals surface area contributed by atoms with Gasteiger partial charge in [-0.15, -0.1) is 0 Å². The van der Waals surface area contributed by atoms with Crippen LogP contribution in [0.25, 0.3) is 0 Å². The van der Waals surface area contributed by atoms with E-state index in [0.29, 0.717) is 24.8 Å². The minimum Gasteiger partial charge on any atom is -0.348 e. The van der Waals surface area contributed by atoms with Gasteiger partial charge in [0.2, 0.25) is 5.91 Å². The first kappa shape index (κ1) is 18.9.